The van der Waals surface area contributed by atoms with Crippen molar-refractivity contribution in [1.29, 1.82) is 0 Å². The third-order valence-electron chi connectivity index (χ3n) is 4.21. The van der Waals surface area contributed by atoms with Gasteiger partial charge in [0, 0.05) is 11.3 Å². The van der Waals surface area contributed by atoms with Crippen molar-refractivity contribution in [1.82, 2.24) is 4.98 Å². The molecular formula is C17H18BrNO3S. The second-order valence-electron chi connectivity index (χ2n) is 5.76. The molecule has 1 aliphatic rings. The number of carbonyl (C=O) groups is 1. The minimum atomic E-state index is -0.729. The first-order valence-electron chi connectivity index (χ1n) is 7.62. The van der Waals surface area contributed by atoms with E-state index in [-0.39, 0.29) is 12.3 Å². The van der Waals surface area contributed by atoms with Crippen molar-refractivity contribution < 1.29 is 14.6 Å². The zero-order valence-corrected chi connectivity index (χ0v) is 15.2. The van der Waals surface area contributed by atoms with Gasteiger partial charge in [0.25, 0.3) is 0 Å². The molecule has 2 aromatic rings. The standard InChI is InChI=1S/C17H18BrNO3S/c1-10-15(19-17(18)23-10)6-7-22-13-4-5-14-11(8-13)2-3-12(14)9-16(20)21/h4-5,8,12H,2-3,6-7,9H2,1H3,(H,20,21)/t12-/m0/s1. The van der Waals surface area contributed by atoms with Gasteiger partial charge < -0.3 is 9.84 Å². The SMILES string of the molecule is Cc1sc(Br)nc1CCOc1ccc2c(c1)CC[C@H]2CC(=O)O. The molecule has 1 aliphatic carbocycles. The first-order chi connectivity index (χ1) is 11.0. The number of rotatable bonds is 6. The summed E-state index contributed by atoms with van der Waals surface area (Å²) in [5.41, 5.74) is 3.46. The number of benzene rings is 1. The molecule has 0 saturated heterocycles. The lowest BCUT2D eigenvalue weighted by Gasteiger charge is -2.10. The lowest BCUT2D eigenvalue weighted by Crippen LogP contribution is -2.04. The maximum Gasteiger partial charge on any atom is 0.303 e. The summed E-state index contributed by atoms with van der Waals surface area (Å²) >= 11 is 5.04. The van der Waals surface area contributed by atoms with E-state index < -0.39 is 5.97 Å². The van der Waals surface area contributed by atoms with Crippen LogP contribution >= 0.6 is 27.3 Å². The summed E-state index contributed by atoms with van der Waals surface area (Å²) in [7, 11) is 0. The van der Waals surface area contributed by atoms with Crippen LogP contribution in [0.5, 0.6) is 5.75 Å². The highest BCUT2D eigenvalue weighted by Crippen LogP contribution is 2.37. The number of ether oxygens (including phenoxy) is 1. The highest BCUT2D eigenvalue weighted by molar-refractivity contribution is 9.11. The van der Waals surface area contributed by atoms with Crippen LogP contribution < -0.4 is 4.74 Å². The Hall–Kier alpha value is -1.40. The van der Waals surface area contributed by atoms with Crippen molar-refractivity contribution in [3.8, 4) is 5.75 Å². The fourth-order valence-electron chi connectivity index (χ4n) is 3.09. The number of fused-ring (bicyclic) bond motifs is 1. The van der Waals surface area contributed by atoms with Crippen LogP contribution in [0.1, 0.15) is 40.5 Å². The Morgan fingerprint density at radius 1 is 1.52 bits per heavy atom. The molecule has 6 heteroatoms. The minimum Gasteiger partial charge on any atom is -0.493 e. The lowest BCUT2D eigenvalue weighted by atomic mass is 9.98. The van der Waals surface area contributed by atoms with Gasteiger partial charge >= 0.3 is 5.97 Å². The van der Waals surface area contributed by atoms with Crippen molar-refractivity contribution in [2.45, 2.75) is 38.5 Å². The van der Waals surface area contributed by atoms with Gasteiger partial charge in [-0.25, -0.2) is 4.98 Å². The zero-order valence-electron chi connectivity index (χ0n) is 12.8. The number of nitrogens with zero attached hydrogens (tertiary/aromatic N) is 1. The van der Waals surface area contributed by atoms with Gasteiger partial charge in [0.15, 0.2) is 3.92 Å². The molecule has 1 aromatic heterocycles. The second kappa shape index (κ2) is 7.01. The third-order valence-corrected chi connectivity index (χ3v) is 5.68. The highest BCUT2D eigenvalue weighted by atomic mass is 79.9. The first-order valence-corrected chi connectivity index (χ1v) is 9.23. The van der Waals surface area contributed by atoms with E-state index in [0.29, 0.717) is 6.61 Å². The summed E-state index contributed by atoms with van der Waals surface area (Å²) in [6, 6.07) is 6.03. The van der Waals surface area contributed by atoms with Crippen LogP contribution in [-0.2, 0) is 17.6 Å². The second-order valence-corrected chi connectivity index (χ2v) is 8.24. The largest absolute Gasteiger partial charge is 0.493 e. The van der Waals surface area contributed by atoms with Gasteiger partial charge in [0.2, 0.25) is 0 Å². The molecule has 23 heavy (non-hydrogen) atoms. The molecule has 0 spiro atoms. The van der Waals surface area contributed by atoms with Crippen molar-refractivity contribution in [2.75, 3.05) is 6.61 Å². The lowest BCUT2D eigenvalue weighted by molar-refractivity contribution is -0.137. The smallest absolute Gasteiger partial charge is 0.303 e. The zero-order chi connectivity index (χ0) is 16.4. The number of carboxylic acid groups (broad SMARTS) is 1. The van der Waals surface area contributed by atoms with Gasteiger partial charge in [0.05, 0.1) is 18.7 Å². The quantitative estimate of drug-likeness (QED) is 0.789. The van der Waals surface area contributed by atoms with Crippen LogP contribution in [0.2, 0.25) is 0 Å². The molecule has 0 saturated carbocycles. The van der Waals surface area contributed by atoms with Crippen LogP contribution in [0.4, 0.5) is 0 Å². The van der Waals surface area contributed by atoms with Crippen molar-refractivity contribution in [3.63, 3.8) is 0 Å². The van der Waals surface area contributed by atoms with Gasteiger partial charge in [-0.1, -0.05) is 6.07 Å². The Morgan fingerprint density at radius 2 is 2.35 bits per heavy atom. The monoisotopic (exact) mass is 395 g/mol. The Bertz CT molecular complexity index is 729. The maximum absolute atomic E-state index is 10.9. The number of halogens is 1. The van der Waals surface area contributed by atoms with Crippen LogP contribution in [0.15, 0.2) is 22.1 Å². The van der Waals surface area contributed by atoms with E-state index in [1.165, 1.54) is 16.0 Å². The van der Waals surface area contributed by atoms with E-state index in [0.717, 1.165) is 34.6 Å². The summed E-state index contributed by atoms with van der Waals surface area (Å²) in [5.74, 6) is 0.270. The first kappa shape index (κ1) is 16.5. The molecule has 0 amide bonds. The van der Waals surface area contributed by atoms with E-state index in [2.05, 4.69) is 33.9 Å². The van der Waals surface area contributed by atoms with Gasteiger partial charge in [-0.2, -0.15) is 0 Å². The molecule has 4 nitrogen and oxygen atoms in total. The molecule has 1 heterocycles. The Labute approximate surface area is 147 Å². The van der Waals surface area contributed by atoms with Gasteiger partial charge in [-0.3, -0.25) is 4.79 Å². The molecular weight excluding hydrogens is 378 g/mol. The number of carboxylic acids is 1. The van der Waals surface area contributed by atoms with Gasteiger partial charge in [0.1, 0.15) is 5.75 Å². The number of hydrogen-bond donors (Lipinski definition) is 1. The fraction of sp³-hybridized carbons (Fsp3) is 0.412. The topological polar surface area (TPSA) is 59.4 Å². The van der Waals surface area contributed by atoms with Crippen LogP contribution in [0.3, 0.4) is 0 Å². The van der Waals surface area contributed by atoms with E-state index in [9.17, 15) is 4.79 Å². The summed E-state index contributed by atoms with van der Waals surface area (Å²) < 4.78 is 6.76. The third kappa shape index (κ3) is 3.93. The number of hydrogen-bond acceptors (Lipinski definition) is 4. The van der Waals surface area contributed by atoms with Crippen LogP contribution in [-0.4, -0.2) is 22.7 Å². The predicted octanol–water partition coefficient (Wildman–Crippen LogP) is 4.34. The molecule has 0 bridgehead atoms. The van der Waals surface area contributed by atoms with Gasteiger partial charge in [-0.15, -0.1) is 11.3 Å². The minimum absolute atomic E-state index is 0.145. The summed E-state index contributed by atoms with van der Waals surface area (Å²) in [5, 5.41) is 8.97. The summed E-state index contributed by atoms with van der Waals surface area (Å²) in [6.45, 7) is 2.66. The van der Waals surface area contributed by atoms with E-state index in [4.69, 9.17) is 9.84 Å². The van der Waals surface area contributed by atoms with Crippen molar-refractivity contribution in [3.05, 3.63) is 43.8 Å². The van der Waals surface area contributed by atoms with Crippen molar-refractivity contribution >= 4 is 33.2 Å². The molecule has 3 rings (SSSR count). The predicted molar refractivity (Wildman–Crippen MR) is 93.5 cm³/mol. The van der Waals surface area contributed by atoms with E-state index in [1.807, 2.05) is 12.1 Å². The summed E-state index contributed by atoms with van der Waals surface area (Å²) in [4.78, 5) is 16.6. The van der Waals surface area contributed by atoms with Crippen LogP contribution in [0.25, 0.3) is 0 Å². The normalized spacial score (nSPS) is 16.3. The molecule has 0 radical (unpaired) electrons. The Balaban J connectivity index is 1.60. The fourth-order valence-corrected chi connectivity index (χ4v) is 4.70. The Morgan fingerprint density at radius 3 is 3.04 bits per heavy atom. The molecule has 1 aromatic carbocycles. The average molecular weight is 396 g/mol. The number of aliphatic carboxylic acids is 1. The van der Waals surface area contributed by atoms with Gasteiger partial charge in [-0.05, 0) is 64.9 Å². The molecule has 1 N–H and O–H groups in total. The molecule has 1 atom stereocenters. The maximum atomic E-state index is 10.9. The van der Waals surface area contributed by atoms with Crippen LogP contribution in [0, 0.1) is 6.92 Å². The molecule has 0 unspecified atom stereocenters. The Kier molecular flexibility index (Phi) is 5.02. The molecule has 0 aliphatic heterocycles. The highest BCUT2D eigenvalue weighted by Gasteiger charge is 2.24. The number of aromatic nitrogens is 1. The van der Waals surface area contributed by atoms with Crippen molar-refractivity contribution in [2.24, 2.45) is 0 Å². The molecule has 122 valence electrons. The average Bonchev–Trinajstić information content (AvgIpc) is 3.02. The molecule has 0 fully saturated rings. The summed E-state index contributed by atoms with van der Waals surface area (Å²) in [6.07, 6.45) is 2.84. The number of aryl methyl sites for hydroxylation is 2. The van der Waals surface area contributed by atoms with E-state index in [1.54, 1.807) is 11.3 Å². The number of thiazole rings is 1. The van der Waals surface area contributed by atoms with E-state index >= 15 is 0 Å².